The summed E-state index contributed by atoms with van der Waals surface area (Å²) in [6, 6.07) is 7.71. The van der Waals surface area contributed by atoms with Gasteiger partial charge < -0.3 is 25.5 Å². The first-order valence-corrected chi connectivity index (χ1v) is 9.04. The minimum Gasteiger partial charge on any atom is -0.368 e. The van der Waals surface area contributed by atoms with Gasteiger partial charge in [-0.15, -0.1) is 0 Å². The van der Waals surface area contributed by atoms with Crippen molar-refractivity contribution in [2.45, 2.75) is 12.8 Å². The molecule has 1 aromatic rings. The first-order chi connectivity index (χ1) is 12.4. The number of carbonyl (C=O) groups is 2. The molecule has 0 radical (unpaired) electrons. The van der Waals surface area contributed by atoms with E-state index >= 15 is 0 Å². The van der Waals surface area contributed by atoms with Crippen molar-refractivity contribution >= 4 is 40.7 Å². The molecular formula is C17H20Cl2N4O3. The molecule has 0 aromatic heterocycles. The number of aliphatic hydroxyl groups excluding tert-OH is 1. The number of anilines is 1. The minimum atomic E-state index is -1.20. The lowest BCUT2D eigenvalue weighted by molar-refractivity contribution is -0.132. The van der Waals surface area contributed by atoms with Gasteiger partial charge in [-0.3, -0.25) is 9.59 Å². The van der Waals surface area contributed by atoms with E-state index in [1.54, 1.807) is 4.90 Å². The van der Waals surface area contributed by atoms with Crippen molar-refractivity contribution in [3.05, 3.63) is 39.9 Å². The van der Waals surface area contributed by atoms with E-state index in [2.05, 4.69) is 4.90 Å². The fourth-order valence-corrected chi connectivity index (χ4v) is 3.50. The Balaban J connectivity index is 1.60. The molecule has 2 aliphatic heterocycles. The zero-order valence-corrected chi connectivity index (χ0v) is 15.6. The quantitative estimate of drug-likeness (QED) is 0.776. The van der Waals surface area contributed by atoms with E-state index in [-0.39, 0.29) is 29.1 Å². The maximum Gasteiger partial charge on any atom is 0.269 e. The molecule has 2 aliphatic rings. The summed E-state index contributed by atoms with van der Waals surface area (Å²) in [6.07, 6.45) is -1.20. The van der Waals surface area contributed by atoms with E-state index in [0.29, 0.717) is 13.1 Å². The van der Waals surface area contributed by atoms with Crippen LogP contribution in [0.25, 0.3) is 0 Å². The summed E-state index contributed by atoms with van der Waals surface area (Å²) in [5, 5.41) is 9.81. The van der Waals surface area contributed by atoms with Gasteiger partial charge in [0.1, 0.15) is 5.03 Å². The maximum absolute atomic E-state index is 12.0. The van der Waals surface area contributed by atoms with Crippen molar-refractivity contribution in [1.29, 1.82) is 0 Å². The average molecular weight is 399 g/mol. The predicted molar refractivity (Wildman–Crippen MR) is 99.6 cm³/mol. The van der Waals surface area contributed by atoms with E-state index in [1.165, 1.54) is 4.90 Å². The highest BCUT2D eigenvalue weighted by Crippen LogP contribution is 2.31. The van der Waals surface area contributed by atoms with Gasteiger partial charge in [0.2, 0.25) is 5.91 Å². The maximum atomic E-state index is 12.0. The Morgan fingerprint density at radius 1 is 1.15 bits per heavy atom. The highest BCUT2D eigenvalue weighted by Gasteiger charge is 2.36. The normalized spacial score (nSPS) is 21.0. The third kappa shape index (κ3) is 3.66. The molecule has 1 unspecified atom stereocenters. The number of benzene rings is 1. The standard InChI is InChI=1S/C17H20Cl2N4O3/c18-14-15(19)17(26)23(16(14)25)10-11-1-3-12(4-2-11)21-5-7-22(8-6-21)13(24)9-20/h1-4,16,25H,5-10,20H2. The molecule has 2 amide bonds. The van der Waals surface area contributed by atoms with Gasteiger partial charge in [0, 0.05) is 38.4 Å². The molecule has 0 saturated carbocycles. The predicted octanol–water partition coefficient (Wildman–Crippen LogP) is 0.644. The highest BCUT2D eigenvalue weighted by atomic mass is 35.5. The number of hydrogen-bond donors (Lipinski definition) is 2. The van der Waals surface area contributed by atoms with Crippen LogP contribution in [0.4, 0.5) is 5.69 Å². The highest BCUT2D eigenvalue weighted by molar-refractivity contribution is 6.49. The van der Waals surface area contributed by atoms with Gasteiger partial charge in [-0.2, -0.15) is 0 Å². The Bertz CT molecular complexity index is 730. The van der Waals surface area contributed by atoms with Crippen molar-refractivity contribution in [1.82, 2.24) is 9.80 Å². The van der Waals surface area contributed by atoms with Crippen LogP contribution < -0.4 is 10.6 Å². The first-order valence-electron chi connectivity index (χ1n) is 8.28. The van der Waals surface area contributed by atoms with Crippen LogP contribution in [0.1, 0.15) is 5.56 Å². The topological polar surface area (TPSA) is 90.1 Å². The lowest BCUT2D eigenvalue weighted by atomic mass is 10.1. The number of amides is 2. The third-order valence-electron chi connectivity index (χ3n) is 4.64. The Labute approximate surface area is 161 Å². The molecule has 3 rings (SSSR count). The van der Waals surface area contributed by atoms with Gasteiger partial charge in [-0.05, 0) is 17.7 Å². The molecule has 2 heterocycles. The van der Waals surface area contributed by atoms with Crippen molar-refractivity contribution < 1.29 is 14.7 Å². The van der Waals surface area contributed by atoms with Gasteiger partial charge in [0.05, 0.1) is 11.6 Å². The second-order valence-corrected chi connectivity index (χ2v) is 6.99. The summed E-state index contributed by atoms with van der Waals surface area (Å²) in [6.45, 7) is 3.03. The Morgan fingerprint density at radius 3 is 2.27 bits per heavy atom. The van der Waals surface area contributed by atoms with Crippen LogP contribution in [-0.4, -0.2) is 65.7 Å². The molecule has 1 saturated heterocycles. The van der Waals surface area contributed by atoms with Gasteiger partial charge in [-0.1, -0.05) is 35.3 Å². The molecule has 0 aliphatic carbocycles. The average Bonchev–Trinajstić information content (AvgIpc) is 2.86. The van der Waals surface area contributed by atoms with E-state index in [4.69, 9.17) is 28.9 Å². The molecule has 1 fully saturated rings. The fraction of sp³-hybridized carbons (Fsp3) is 0.412. The lowest BCUT2D eigenvalue weighted by Gasteiger charge is -2.36. The second-order valence-electron chi connectivity index (χ2n) is 6.21. The molecule has 7 nitrogen and oxygen atoms in total. The fourth-order valence-electron chi connectivity index (χ4n) is 3.10. The van der Waals surface area contributed by atoms with Gasteiger partial charge >= 0.3 is 0 Å². The van der Waals surface area contributed by atoms with E-state index in [1.807, 2.05) is 24.3 Å². The molecule has 140 valence electrons. The third-order valence-corrected chi connectivity index (χ3v) is 5.49. The molecule has 1 aromatic carbocycles. The largest absolute Gasteiger partial charge is 0.368 e. The van der Waals surface area contributed by atoms with Crippen molar-refractivity contribution in [3.8, 4) is 0 Å². The Hall–Kier alpha value is -1.80. The van der Waals surface area contributed by atoms with Crippen LogP contribution in [0.5, 0.6) is 0 Å². The minimum absolute atomic E-state index is 0.0280. The van der Waals surface area contributed by atoms with Crippen molar-refractivity contribution in [2.24, 2.45) is 5.73 Å². The van der Waals surface area contributed by atoms with Gasteiger partial charge in [0.15, 0.2) is 6.23 Å². The summed E-state index contributed by atoms with van der Waals surface area (Å²) in [5.74, 6) is -0.506. The van der Waals surface area contributed by atoms with E-state index in [9.17, 15) is 14.7 Å². The first kappa shape index (κ1) is 19.0. The van der Waals surface area contributed by atoms with Crippen LogP contribution in [0.3, 0.4) is 0 Å². The molecule has 1 atom stereocenters. The monoisotopic (exact) mass is 398 g/mol. The van der Waals surface area contributed by atoms with E-state index < -0.39 is 12.1 Å². The van der Waals surface area contributed by atoms with Crippen molar-refractivity contribution in [2.75, 3.05) is 37.6 Å². The van der Waals surface area contributed by atoms with E-state index in [0.717, 1.165) is 24.3 Å². The van der Waals surface area contributed by atoms with Gasteiger partial charge in [0.25, 0.3) is 5.91 Å². The van der Waals surface area contributed by atoms with Crippen LogP contribution in [-0.2, 0) is 16.1 Å². The van der Waals surface area contributed by atoms with Crippen LogP contribution >= 0.6 is 23.2 Å². The summed E-state index contributed by atoms with van der Waals surface area (Å²) in [4.78, 5) is 28.8. The Morgan fingerprint density at radius 2 is 1.77 bits per heavy atom. The van der Waals surface area contributed by atoms with Crippen LogP contribution in [0, 0.1) is 0 Å². The Kier molecular flexibility index (Phi) is 5.72. The smallest absolute Gasteiger partial charge is 0.269 e. The summed E-state index contributed by atoms with van der Waals surface area (Å²) in [7, 11) is 0. The lowest BCUT2D eigenvalue weighted by Crippen LogP contribution is -2.50. The van der Waals surface area contributed by atoms with Gasteiger partial charge in [-0.25, -0.2) is 0 Å². The number of nitrogens with two attached hydrogens (primary N) is 1. The zero-order chi connectivity index (χ0) is 18.8. The zero-order valence-electron chi connectivity index (χ0n) is 14.1. The number of aliphatic hydroxyl groups is 1. The summed E-state index contributed by atoms with van der Waals surface area (Å²) < 4.78 is 0. The number of nitrogens with zero attached hydrogens (tertiary/aromatic N) is 3. The summed E-state index contributed by atoms with van der Waals surface area (Å²) in [5.41, 5.74) is 7.29. The molecule has 0 bridgehead atoms. The number of hydrogen-bond acceptors (Lipinski definition) is 5. The molecule has 3 N–H and O–H groups in total. The number of halogens is 2. The number of piperazine rings is 1. The van der Waals surface area contributed by atoms with Crippen molar-refractivity contribution in [3.63, 3.8) is 0 Å². The van der Waals surface area contributed by atoms with Crippen LogP contribution in [0.2, 0.25) is 0 Å². The SMILES string of the molecule is NCC(=O)N1CCN(c2ccc(CN3C(=O)C(Cl)=C(Cl)C3O)cc2)CC1. The molecule has 9 heteroatoms. The number of rotatable bonds is 4. The molecule has 26 heavy (non-hydrogen) atoms. The molecular weight excluding hydrogens is 379 g/mol. The number of carbonyl (C=O) groups excluding carboxylic acids is 2. The molecule has 0 spiro atoms. The van der Waals surface area contributed by atoms with Crippen LogP contribution in [0.15, 0.2) is 34.3 Å². The summed E-state index contributed by atoms with van der Waals surface area (Å²) >= 11 is 11.6. The second kappa shape index (κ2) is 7.84.